The SMILES string of the molecule is CSCC(/C=C1\CCN(C2CCN(C(=O)OCc3oc(=O)oc3C)C2)C1=O)=C(/C(=O)O)N1C[C@H](N)C1=O. The predicted octanol–water partition coefficient (Wildman–Crippen LogP) is 0.282. The van der Waals surface area contributed by atoms with Gasteiger partial charge in [0.15, 0.2) is 18.1 Å². The van der Waals surface area contributed by atoms with E-state index in [0.29, 0.717) is 42.8 Å². The molecule has 1 aromatic rings. The van der Waals surface area contributed by atoms with Gasteiger partial charge in [-0.25, -0.2) is 14.4 Å². The molecule has 14 heteroatoms. The van der Waals surface area contributed by atoms with Crippen LogP contribution in [0.15, 0.2) is 36.5 Å². The van der Waals surface area contributed by atoms with Crippen LogP contribution in [0.3, 0.4) is 0 Å². The number of thioether (sulfide) groups is 1. The van der Waals surface area contributed by atoms with Gasteiger partial charge in [0.25, 0.3) is 0 Å². The fraction of sp³-hybridized carbons (Fsp3) is 0.522. The summed E-state index contributed by atoms with van der Waals surface area (Å²) >= 11 is 1.38. The van der Waals surface area contributed by atoms with E-state index < -0.39 is 29.8 Å². The van der Waals surface area contributed by atoms with E-state index in [4.69, 9.17) is 19.3 Å². The molecule has 3 aliphatic rings. The van der Waals surface area contributed by atoms with Crippen molar-refractivity contribution in [1.82, 2.24) is 14.7 Å². The number of rotatable bonds is 8. The van der Waals surface area contributed by atoms with Crippen LogP contribution in [0.1, 0.15) is 24.4 Å². The molecule has 4 heterocycles. The molecule has 4 rings (SSSR count). The fourth-order valence-electron chi connectivity index (χ4n) is 4.63. The van der Waals surface area contributed by atoms with Crippen LogP contribution in [0, 0.1) is 6.92 Å². The molecule has 3 N–H and O–H groups in total. The third kappa shape index (κ3) is 5.44. The van der Waals surface area contributed by atoms with Gasteiger partial charge in [0, 0.05) is 31.0 Å². The zero-order valence-electron chi connectivity index (χ0n) is 20.4. The Labute approximate surface area is 215 Å². The molecule has 0 radical (unpaired) electrons. The maximum atomic E-state index is 13.2. The van der Waals surface area contributed by atoms with E-state index in [1.807, 2.05) is 0 Å². The van der Waals surface area contributed by atoms with Crippen molar-refractivity contribution in [2.75, 3.05) is 38.2 Å². The molecule has 0 spiro atoms. The summed E-state index contributed by atoms with van der Waals surface area (Å²) in [5, 5.41) is 9.79. The summed E-state index contributed by atoms with van der Waals surface area (Å²) in [4.78, 5) is 65.2. The summed E-state index contributed by atoms with van der Waals surface area (Å²) < 4.78 is 14.8. The molecule has 0 aliphatic carbocycles. The van der Waals surface area contributed by atoms with Crippen LogP contribution in [0.4, 0.5) is 4.79 Å². The number of carbonyl (C=O) groups excluding carboxylic acids is 3. The molecule has 2 atom stereocenters. The second kappa shape index (κ2) is 10.8. The summed E-state index contributed by atoms with van der Waals surface area (Å²) in [6.45, 7) is 2.49. The number of ether oxygens (including phenoxy) is 1. The van der Waals surface area contributed by atoms with Crippen LogP contribution in [0.25, 0.3) is 0 Å². The second-order valence-corrected chi connectivity index (χ2v) is 9.83. The highest BCUT2D eigenvalue weighted by molar-refractivity contribution is 7.98. The largest absolute Gasteiger partial charge is 0.519 e. The number of hydrogen-bond donors (Lipinski definition) is 2. The number of nitrogens with two attached hydrogens (primary N) is 1. The monoisotopic (exact) mass is 536 g/mol. The molecule has 3 aliphatic heterocycles. The van der Waals surface area contributed by atoms with Gasteiger partial charge in [-0.15, -0.1) is 0 Å². The van der Waals surface area contributed by atoms with Crippen molar-refractivity contribution < 1.29 is 37.9 Å². The number of aliphatic carboxylic acids is 1. The first-order valence-electron chi connectivity index (χ1n) is 11.7. The Morgan fingerprint density at radius 2 is 1.97 bits per heavy atom. The first-order chi connectivity index (χ1) is 17.6. The molecule has 1 aromatic heterocycles. The zero-order chi connectivity index (χ0) is 26.9. The molecule has 3 amide bonds. The molecular weight excluding hydrogens is 508 g/mol. The lowest BCUT2D eigenvalue weighted by molar-refractivity contribution is -0.146. The van der Waals surface area contributed by atoms with Crippen molar-refractivity contribution in [2.24, 2.45) is 5.73 Å². The topological polar surface area (TPSA) is 177 Å². The maximum Gasteiger partial charge on any atom is 0.519 e. The minimum absolute atomic E-state index is 0.113. The molecule has 37 heavy (non-hydrogen) atoms. The van der Waals surface area contributed by atoms with E-state index in [2.05, 4.69) is 0 Å². The summed E-state index contributed by atoms with van der Waals surface area (Å²) in [6.07, 6.45) is 3.75. The van der Waals surface area contributed by atoms with Gasteiger partial charge in [0.1, 0.15) is 11.7 Å². The number of nitrogens with zero attached hydrogens (tertiary/aromatic N) is 3. The molecule has 3 fully saturated rings. The number of carboxylic acid groups (broad SMARTS) is 1. The van der Waals surface area contributed by atoms with Gasteiger partial charge >= 0.3 is 17.9 Å². The first kappa shape index (κ1) is 26.5. The van der Waals surface area contributed by atoms with Crippen molar-refractivity contribution in [2.45, 2.75) is 38.5 Å². The molecule has 0 bridgehead atoms. The Kier molecular flexibility index (Phi) is 7.78. The number of aryl methyl sites for hydroxylation is 1. The Hall–Kier alpha value is -3.52. The zero-order valence-corrected chi connectivity index (χ0v) is 21.2. The van der Waals surface area contributed by atoms with E-state index in [9.17, 15) is 29.1 Å². The Bertz CT molecular complexity index is 1230. The van der Waals surface area contributed by atoms with E-state index in [-0.39, 0.29) is 48.9 Å². The third-order valence-electron chi connectivity index (χ3n) is 6.57. The van der Waals surface area contributed by atoms with Gasteiger partial charge < -0.3 is 39.1 Å². The van der Waals surface area contributed by atoms with Crippen LogP contribution in [0.2, 0.25) is 0 Å². The number of likely N-dealkylation sites (tertiary alicyclic amines) is 3. The predicted molar refractivity (Wildman–Crippen MR) is 129 cm³/mol. The lowest BCUT2D eigenvalue weighted by atomic mass is 10.0. The summed E-state index contributed by atoms with van der Waals surface area (Å²) in [5.41, 5.74) is 6.31. The smallest absolute Gasteiger partial charge is 0.477 e. The molecule has 13 nitrogen and oxygen atoms in total. The highest BCUT2D eigenvalue weighted by Crippen LogP contribution is 2.29. The molecule has 1 unspecified atom stereocenters. The average Bonchev–Trinajstić information content (AvgIpc) is 3.56. The van der Waals surface area contributed by atoms with Gasteiger partial charge in [-0.2, -0.15) is 11.8 Å². The van der Waals surface area contributed by atoms with Gasteiger partial charge in [-0.05, 0) is 37.7 Å². The van der Waals surface area contributed by atoms with Crippen LogP contribution in [-0.2, 0) is 25.7 Å². The number of carboxylic acids is 1. The second-order valence-electron chi connectivity index (χ2n) is 8.96. The van der Waals surface area contributed by atoms with Gasteiger partial charge in [0.2, 0.25) is 11.8 Å². The Balaban J connectivity index is 1.42. The van der Waals surface area contributed by atoms with Crippen molar-refractivity contribution in [3.8, 4) is 0 Å². The summed E-state index contributed by atoms with van der Waals surface area (Å²) in [5.74, 6) is -2.14. The summed E-state index contributed by atoms with van der Waals surface area (Å²) in [7, 11) is 0. The maximum absolute atomic E-state index is 13.2. The van der Waals surface area contributed by atoms with Gasteiger partial charge in [0.05, 0.1) is 12.6 Å². The lowest BCUT2D eigenvalue weighted by Gasteiger charge is -2.37. The summed E-state index contributed by atoms with van der Waals surface area (Å²) in [6, 6.07) is -0.943. The molecular formula is C23H28N4O9S. The number of allylic oxidation sites excluding steroid dienone is 1. The normalized spacial score (nSPS) is 23.5. The number of β-lactam (4-membered cyclic amide) rings is 1. The van der Waals surface area contributed by atoms with Crippen LogP contribution in [-0.4, -0.2) is 94.0 Å². The Morgan fingerprint density at radius 3 is 2.57 bits per heavy atom. The minimum atomic E-state index is -1.25. The van der Waals surface area contributed by atoms with Crippen molar-refractivity contribution in [1.29, 1.82) is 0 Å². The van der Waals surface area contributed by atoms with Gasteiger partial charge in [-0.3, -0.25) is 9.59 Å². The number of carbonyl (C=O) groups is 4. The molecule has 3 saturated heterocycles. The minimum Gasteiger partial charge on any atom is -0.477 e. The van der Waals surface area contributed by atoms with E-state index in [0.717, 1.165) is 4.90 Å². The number of amides is 3. The molecule has 0 aromatic carbocycles. The highest BCUT2D eigenvalue weighted by atomic mass is 32.2. The first-order valence-corrected chi connectivity index (χ1v) is 13.0. The lowest BCUT2D eigenvalue weighted by Crippen LogP contribution is -2.61. The fourth-order valence-corrected chi connectivity index (χ4v) is 5.16. The van der Waals surface area contributed by atoms with Crippen LogP contribution >= 0.6 is 11.8 Å². The van der Waals surface area contributed by atoms with Crippen molar-refractivity contribution in [3.05, 3.63) is 45.1 Å². The average molecular weight is 537 g/mol. The molecule has 200 valence electrons. The quantitative estimate of drug-likeness (QED) is 0.345. The third-order valence-corrected chi connectivity index (χ3v) is 7.17. The van der Waals surface area contributed by atoms with Crippen LogP contribution < -0.4 is 11.6 Å². The van der Waals surface area contributed by atoms with Crippen molar-refractivity contribution in [3.63, 3.8) is 0 Å². The van der Waals surface area contributed by atoms with E-state index in [1.165, 1.54) is 23.6 Å². The van der Waals surface area contributed by atoms with Gasteiger partial charge in [-0.1, -0.05) is 0 Å². The van der Waals surface area contributed by atoms with E-state index in [1.54, 1.807) is 17.2 Å². The Morgan fingerprint density at radius 1 is 1.22 bits per heavy atom. The van der Waals surface area contributed by atoms with Crippen LogP contribution in [0.5, 0.6) is 0 Å². The standard InChI is InChI=1S/C23H28N4O9S/c1-12-17(36-23(33)35-12)10-34-22(32)25-5-4-15(8-25)26-6-3-13(19(26)28)7-14(11-37-2)18(21(30)31)27-9-16(24)20(27)29/h7,15-16H,3-6,8-11,24H2,1-2H3,(H,30,31)/b13-7+,18-14-/t15?,16-/m0/s1. The number of hydrogen-bond acceptors (Lipinski definition) is 10. The van der Waals surface area contributed by atoms with Crippen molar-refractivity contribution >= 4 is 35.6 Å². The molecule has 0 saturated carbocycles. The van der Waals surface area contributed by atoms with E-state index >= 15 is 0 Å². The highest BCUT2D eigenvalue weighted by Gasteiger charge is 2.41.